The van der Waals surface area contributed by atoms with E-state index >= 15 is 0 Å². The molecule has 1 aliphatic carbocycles. The van der Waals surface area contributed by atoms with Crippen molar-refractivity contribution in [3.05, 3.63) is 45.4 Å². The first-order valence-electron chi connectivity index (χ1n) is 8.31. The van der Waals surface area contributed by atoms with Crippen LogP contribution in [-0.2, 0) is 4.79 Å². The summed E-state index contributed by atoms with van der Waals surface area (Å²) in [7, 11) is 0. The summed E-state index contributed by atoms with van der Waals surface area (Å²) in [6, 6.07) is 11.5. The van der Waals surface area contributed by atoms with Crippen molar-refractivity contribution in [3.8, 4) is 12.1 Å². The summed E-state index contributed by atoms with van der Waals surface area (Å²) >= 11 is 4.53. The molecule has 1 aromatic heterocycles. The van der Waals surface area contributed by atoms with Gasteiger partial charge in [-0.3, -0.25) is 4.79 Å². The summed E-state index contributed by atoms with van der Waals surface area (Å²) in [5.74, 6) is 0.0798. The lowest BCUT2D eigenvalue weighted by Gasteiger charge is -2.15. The number of nitrogens with one attached hydrogen (secondary N) is 1. The summed E-state index contributed by atoms with van der Waals surface area (Å²) in [6.07, 6.45) is 1.85. The molecule has 1 amide bonds. The number of pyridine rings is 1. The molecule has 0 bridgehead atoms. The molecule has 0 saturated heterocycles. The van der Waals surface area contributed by atoms with Crippen molar-refractivity contribution < 1.29 is 4.79 Å². The van der Waals surface area contributed by atoms with Gasteiger partial charge in [-0.2, -0.15) is 10.5 Å². The van der Waals surface area contributed by atoms with Crippen molar-refractivity contribution >= 4 is 45.1 Å². The van der Waals surface area contributed by atoms with Gasteiger partial charge in [-0.15, -0.1) is 0 Å². The Hall–Kier alpha value is -2.55. The molecule has 0 unspecified atom stereocenters. The molecule has 1 saturated carbocycles. The van der Waals surface area contributed by atoms with Crippen molar-refractivity contribution in [2.45, 2.75) is 36.0 Å². The first kappa shape index (κ1) is 19.2. The smallest absolute Gasteiger partial charge is 0.237 e. The number of amides is 1. The van der Waals surface area contributed by atoms with Crippen molar-refractivity contribution in [1.82, 2.24) is 4.98 Å². The van der Waals surface area contributed by atoms with Gasteiger partial charge in [0.1, 0.15) is 23.0 Å². The molecule has 0 radical (unpaired) electrons. The Balaban J connectivity index is 1.84. The van der Waals surface area contributed by atoms with E-state index in [0.717, 1.165) is 17.3 Å². The van der Waals surface area contributed by atoms with E-state index in [4.69, 9.17) is 5.73 Å². The van der Waals surface area contributed by atoms with Crippen molar-refractivity contribution in [1.29, 1.82) is 10.5 Å². The van der Waals surface area contributed by atoms with Crippen molar-refractivity contribution in [3.63, 3.8) is 0 Å². The van der Waals surface area contributed by atoms with Crippen LogP contribution in [0, 0.1) is 22.7 Å². The number of thioether (sulfide) groups is 1. The van der Waals surface area contributed by atoms with E-state index in [-0.39, 0.29) is 23.2 Å². The van der Waals surface area contributed by atoms with Crippen LogP contribution in [0.25, 0.3) is 0 Å². The van der Waals surface area contributed by atoms with E-state index in [1.54, 1.807) is 19.1 Å². The predicted molar refractivity (Wildman–Crippen MR) is 108 cm³/mol. The minimum absolute atomic E-state index is 0.112. The number of hydrogen-bond donors (Lipinski definition) is 2. The Bertz CT molecular complexity index is 974. The standard InChI is InChI=1S/C19H16BrN5OS/c1-10(18(26)24-13-6-4-12(20)5-7-13)27-19-15(9-22)16(11-2-3-11)14(8-21)17(23)25-19/h4-7,10-11H,2-3H2,1H3,(H2,23,25)(H,24,26)/t10-/m0/s1. The molecule has 0 aliphatic heterocycles. The molecule has 1 fully saturated rings. The second-order valence-electron chi connectivity index (χ2n) is 6.22. The Morgan fingerprint density at radius 1 is 1.30 bits per heavy atom. The van der Waals surface area contributed by atoms with Crippen LogP contribution in [0.4, 0.5) is 11.5 Å². The zero-order valence-electron chi connectivity index (χ0n) is 14.5. The van der Waals surface area contributed by atoms with Crippen molar-refractivity contribution in [2.24, 2.45) is 0 Å². The van der Waals surface area contributed by atoms with E-state index < -0.39 is 5.25 Å². The maximum atomic E-state index is 12.5. The van der Waals surface area contributed by atoms with E-state index in [0.29, 0.717) is 21.8 Å². The highest BCUT2D eigenvalue weighted by atomic mass is 79.9. The molecule has 8 heteroatoms. The molecular weight excluding hydrogens is 426 g/mol. The summed E-state index contributed by atoms with van der Waals surface area (Å²) < 4.78 is 0.923. The number of nitriles is 2. The van der Waals surface area contributed by atoms with Gasteiger partial charge in [0.05, 0.1) is 16.4 Å². The number of benzene rings is 1. The number of carbonyl (C=O) groups is 1. The SMILES string of the molecule is C[C@H](Sc1nc(N)c(C#N)c(C2CC2)c1C#N)C(=O)Nc1ccc(Br)cc1. The van der Waals surface area contributed by atoms with Crippen LogP contribution in [0.1, 0.15) is 42.4 Å². The van der Waals surface area contributed by atoms with Gasteiger partial charge in [-0.1, -0.05) is 27.7 Å². The Labute approximate surface area is 169 Å². The average Bonchev–Trinajstić information content (AvgIpc) is 3.48. The Morgan fingerprint density at radius 2 is 1.93 bits per heavy atom. The van der Waals surface area contributed by atoms with Crippen LogP contribution in [0.15, 0.2) is 33.8 Å². The number of anilines is 2. The predicted octanol–water partition coefficient (Wildman–Crippen LogP) is 4.17. The van der Waals surface area contributed by atoms with E-state index in [2.05, 4.69) is 38.4 Å². The first-order valence-corrected chi connectivity index (χ1v) is 9.98. The molecule has 2 aromatic rings. The van der Waals surface area contributed by atoms with Crippen LogP contribution in [0.5, 0.6) is 0 Å². The maximum absolute atomic E-state index is 12.5. The summed E-state index contributed by atoms with van der Waals surface area (Å²) in [5, 5.41) is 21.8. The van der Waals surface area contributed by atoms with Gasteiger partial charge in [-0.25, -0.2) is 4.98 Å². The second-order valence-corrected chi connectivity index (χ2v) is 8.47. The normalized spacial score (nSPS) is 14.1. The first-order chi connectivity index (χ1) is 12.9. The fourth-order valence-electron chi connectivity index (χ4n) is 2.69. The minimum Gasteiger partial charge on any atom is -0.383 e. The number of carbonyl (C=O) groups excluding carboxylic acids is 1. The number of aromatic nitrogens is 1. The van der Waals surface area contributed by atoms with E-state index in [9.17, 15) is 15.3 Å². The molecule has 1 aromatic carbocycles. The molecule has 0 spiro atoms. The lowest BCUT2D eigenvalue weighted by molar-refractivity contribution is -0.115. The molecule has 1 heterocycles. The molecule has 3 N–H and O–H groups in total. The third kappa shape index (κ3) is 4.24. The van der Waals surface area contributed by atoms with Crippen LogP contribution >= 0.6 is 27.7 Å². The lowest BCUT2D eigenvalue weighted by atomic mass is 10.0. The van der Waals surface area contributed by atoms with Crippen LogP contribution in [-0.4, -0.2) is 16.1 Å². The number of halogens is 1. The molecule has 27 heavy (non-hydrogen) atoms. The van der Waals surface area contributed by atoms with Crippen molar-refractivity contribution in [2.75, 3.05) is 11.1 Å². The zero-order valence-corrected chi connectivity index (χ0v) is 16.9. The summed E-state index contributed by atoms with van der Waals surface area (Å²) in [4.78, 5) is 16.7. The molecule has 6 nitrogen and oxygen atoms in total. The highest BCUT2D eigenvalue weighted by molar-refractivity contribution is 9.10. The fraction of sp³-hybridized carbons (Fsp3) is 0.263. The van der Waals surface area contributed by atoms with E-state index in [1.807, 2.05) is 12.1 Å². The average molecular weight is 442 g/mol. The highest BCUT2D eigenvalue weighted by Gasteiger charge is 2.33. The highest BCUT2D eigenvalue weighted by Crippen LogP contribution is 2.46. The Kier molecular flexibility index (Phi) is 5.69. The van der Waals surface area contributed by atoms with Gasteiger partial charge < -0.3 is 11.1 Å². The van der Waals surface area contributed by atoms with Crippen LogP contribution < -0.4 is 11.1 Å². The molecule has 3 rings (SSSR count). The zero-order chi connectivity index (χ0) is 19.6. The number of nitrogens with two attached hydrogens (primary N) is 1. The number of rotatable bonds is 5. The second kappa shape index (κ2) is 7.99. The van der Waals surface area contributed by atoms with E-state index in [1.165, 1.54) is 11.8 Å². The minimum atomic E-state index is -0.493. The van der Waals surface area contributed by atoms with Crippen LogP contribution in [0.2, 0.25) is 0 Å². The van der Waals surface area contributed by atoms with Gasteiger partial charge in [0.15, 0.2) is 0 Å². The lowest BCUT2D eigenvalue weighted by Crippen LogP contribution is -2.22. The van der Waals surface area contributed by atoms with Gasteiger partial charge in [-0.05, 0) is 55.5 Å². The maximum Gasteiger partial charge on any atom is 0.237 e. The summed E-state index contributed by atoms with van der Waals surface area (Å²) in [5.41, 5.74) is 7.95. The largest absolute Gasteiger partial charge is 0.383 e. The molecule has 1 atom stereocenters. The third-order valence-corrected chi connectivity index (χ3v) is 5.82. The molecule has 1 aliphatic rings. The topological polar surface area (TPSA) is 116 Å². The fourth-order valence-corrected chi connectivity index (χ4v) is 3.88. The van der Waals surface area contributed by atoms with Gasteiger partial charge in [0, 0.05) is 10.2 Å². The van der Waals surface area contributed by atoms with Gasteiger partial charge >= 0.3 is 0 Å². The molecular formula is C19H16BrN5OS. The van der Waals surface area contributed by atoms with Gasteiger partial charge in [0.25, 0.3) is 0 Å². The Morgan fingerprint density at radius 3 is 2.48 bits per heavy atom. The third-order valence-electron chi connectivity index (χ3n) is 4.21. The number of hydrogen-bond acceptors (Lipinski definition) is 6. The number of nitrogens with zero attached hydrogens (tertiary/aromatic N) is 3. The quantitative estimate of drug-likeness (QED) is 0.672. The molecule has 136 valence electrons. The van der Waals surface area contributed by atoms with Crippen LogP contribution in [0.3, 0.4) is 0 Å². The monoisotopic (exact) mass is 441 g/mol. The number of nitrogen functional groups attached to an aromatic ring is 1. The van der Waals surface area contributed by atoms with Gasteiger partial charge in [0.2, 0.25) is 5.91 Å². The summed E-state index contributed by atoms with van der Waals surface area (Å²) in [6.45, 7) is 1.74.